The van der Waals surface area contributed by atoms with E-state index in [1.165, 1.54) is 13.2 Å². The Morgan fingerprint density at radius 3 is 2.76 bits per heavy atom. The summed E-state index contributed by atoms with van der Waals surface area (Å²) >= 11 is 5.86. The van der Waals surface area contributed by atoms with Crippen LogP contribution in [0.2, 0.25) is 5.02 Å². The molecular weight excluding hydrogens is 252 g/mol. The highest BCUT2D eigenvalue weighted by atomic mass is 35.5. The van der Waals surface area contributed by atoms with E-state index in [1.807, 2.05) is 0 Å². The molecule has 0 atom stereocenters. The van der Waals surface area contributed by atoms with Crippen molar-refractivity contribution in [3.8, 4) is 17.2 Å². The number of halogens is 1. The van der Waals surface area contributed by atoms with E-state index in [9.17, 15) is 9.59 Å². The summed E-state index contributed by atoms with van der Waals surface area (Å²) in [5, 5.41) is 8.82. The fourth-order valence-corrected chi connectivity index (χ4v) is 1.78. The van der Waals surface area contributed by atoms with E-state index >= 15 is 0 Å². The number of methoxy groups -OCH3 is 1. The second kappa shape index (κ2) is 4.14. The molecule has 6 nitrogen and oxygen atoms in total. The predicted molar refractivity (Wildman–Crippen MR) is 56.1 cm³/mol. The molecule has 0 aromatic heterocycles. The van der Waals surface area contributed by atoms with Gasteiger partial charge in [-0.25, -0.2) is 4.79 Å². The predicted octanol–water partition coefficient (Wildman–Crippen LogP) is 1.34. The van der Waals surface area contributed by atoms with Crippen molar-refractivity contribution >= 4 is 23.4 Å². The molecule has 0 saturated carbocycles. The number of carboxylic acid groups (broad SMARTS) is 1. The van der Waals surface area contributed by atoms with Gasteiger partial charge in [-0.15, -0.1) is 0 Å². The van der Waals surface area contributed by atoms with Gasteiger partial charge in [-0.3, -0.25) is 4.79 Å². The highest BCUT2D eigenvalue weighted by Crippen LogP contribution is 2.45. The maximum Gasteiger partial charge on any atom is 0.377 e. The second-order valence-corrected chi connectivity index (χ2v) is 3.54. The molecule has 1 aliphatic rings. The molecule has 0 bridgehead atoms. The number of ether oxygens (including phenoxy) is 3. The van der Waals surface area contributed by atoms with Crippen molar-refractivity contribution in [3.63, 3.8) is 0 Å². The molecule has 0 unspecified atom stereocenters. The van der Waals surface area contributed by atoms with Crippen molar-refractivity contribution in [2.75, 3.05) is 13.9 Å². The standard InChI is InChI=1S/C10H7ClO6/c1-15-8-4(11)2-5-9(17-3-16-5)6(8)7(12)10(13)14/h2H,3H2,1H3,(H,13,14). The number of hydrogen-bond acceptors (Lipinski definition) is 5. The molecular formula is C10H7ClO6. The quantitative estimate of drug-likeness (QED) is 0.651. The summed E-state index contributed by atoms with van der Waals surface area (Å²) in [5.41, 5.74) is -0.236. The van der Waals surface area contributed by atoms with Crippen LogP contribution in [0.4, 0.5) is 0 Å². The third-order valence-electron chi connectivity index (χ3n) is 2.20. The van der Waals surface area contributed by atoms with Gasteiger partial charge < -0.3 is 19.3 Å². The van der Waals surface area contributed by atoms with Gasteiger partial charge in [0, 0.05) is 6.07 Å². The first-order valence-electron chi connectivity index (χ1n) is 4.50. The van der Waals surface area contributed by atoms with Gasteiger partial charge in [0.15, 0.2) is 17.2 Å². The zero-order valence-electron chi connectivity index (χ0n) is 8.65. The van der Waals surface area contributed by atoms with Crippen LogP contribution in [0.15, 0.2) is 6.07 Å². The summed E-state index contributed by atoms with van der Waals surface area (Å²) in [5.74, 6) is -2.56. The average Bonchev–Trinajstić information content (AvgIpc) is 2.73. The van der Waals surface area contributed by atoms with Gasteiger partial charge in [-0.1, -0.05) is 11.6 Å². The molecule has 0 aliphatic carbocycles. The summed E-state index contributed by atoms with van der Waals surface area (Å²) in [6, 6.07) is 1.40. The van der Waals surface area contributed by atoms with Crippen LogP contribution in [0, 0.1) is 0 Å². The summed E-state index contributed by atoms with van der Waals surface area (Å²) in [4.78, 5) is 22.3. The molecule has 90 valence electrons. The van der Waals surface area contributed by atoms with E-state index in [2.05, 4.69) is 0 Å². The van der Waals surface area contributed by atoms with Crippen LogP contribution >= 0.6 is 11.6 Å². The number of ketones is 1. The van der Waals surface area contributed by atoms with Crippen LogP contribution in [-0.2, 0) is 4.79 Å². The largest absolute Gasteiger partial charge is 0.494 e. The molecule has 0 amide bonds. The molecule has 2 rings (SSSR count). The van der Waals surface area contributed by atoms with Gasteiger partial charge in [0.05, 0.1) is 12.1 Å². The van der Waals surface area contributed by atoms with E-state index < -0.39 is 11.8 Å². The van der Waals surface area contributed by atoms with E-state index in [4.69, 9.17) is 30.9 Å². The van der Waals surface area contributed by atoms with Crippen LogP contribution in [0.3, 0.4) is 0 Å². The summed E-state index contributed by atoms with van der Waals surface area (Å²) in [6.07, 6.45) is 0. The second-order valence-electron chi connectivity index (χ2n) is 3.13. The lowest BCUT2D eigenvalue weighted by Crippen LogP contribution is -2.15. The van der Waals surface area contributed by atoms with Crippen LogP contribution in [0.5, 0.6) is 17.2 Å². The minimum Gasteiger partial charge on any atom is -0.494 e. The first kappa shape index (κ1) is 11.5. The van der Waals surface area contributed by atoms with Crippen molar-refractivity contribution in [1.29, 1.82) is 0 Å². The Hall–Kier alpha value is -1.95. The molecule has 17 heavy (non-hydrogen) atoms. The monoisotopic (exact) mass is 258 g/mol. The third kappa shape index (κ3) is 1.76. The Kier molecular flexibility index (Phi) is 2.81. The topological polar surface area (TPSA) is 82.1 Å². The minimum atomic E-state index is -1.62. The van der Waals surface area contributed by atoms with Gasteiger partial charge in [0.1, 0.15) is 5.56 Å². The number of hydrogen-bond donors (Lipinski definition) is 1. The fourth-order valence-electron chi connectivity index (χ4n) is 1.51. The lowest BCUT2D eigenvalue weighted by atomic mass is 10.1. The van der Waals surface area contributed by atoms with E-state index in [-0.39, 0.29) is 34.6 Å². The Labute approximate surface area is 101 Å². The molecule has 1 N–H and O–H groups in total. The van der Waals surface area contributed by atoms with Gasteiger partial charge in [0.25, 0.3) is 5.78 Å². The maximum atomic E-state index is 11.6. The highest BCUT2D eigenvalue weighted by Gasteiger charge is 2.32. The van der Waals surface area contributed by atoms with Crippen molar-refractivity contribution in [2.24, 2.45) is 0 Å². The Balaban J connectivity index is 2.70. The number of carbonyl (C=O) groups excluding carboxylic acids is 1. The van der Waals surface area contributed by atoms with Gasteiger partial charge in [0.2, 0.25) is 6.79 Å². The van der Waals surface area contributed by atoms with Gasteiger partial charge in [-0.2, -0.15) is 0 Å². The molecule has 0 fully saturated rings. The number of carbonyl (C=O) groups is 2. The smallest absolute Gasteiger partial charge is 0.377 e. The highest BCUT2D eigenvalue weighted by molar-refractivity contribution is 6.43. The molecule has 0 spiro atoms. The van der Waals surface area contributed by atoms with Crippen LogP contribution in [0.1, 0.15) is 10.4 Å². The fraction of sp³-hybridized carbons (Fsp3) is 0.200. The minimum absolute atomic E-state index is 0.0386. The molecule has 0 saturated heterocycles. The first-order chi connectivity index (χ1) is 8.06. The average molecular weight is 259 g/mol. The summed E-state index contributed by atoms with van der Waals surface area (Å²) < 4.78 is 15.0. The van der Waals surface area contributed by atoms with E-state index in [1.54, 1.807) is 0 Å². The third-order valence-corrected chi connectivity index (χ3v) is 2.48. The lowest BCUT2D eigenvalue weighted by molar-refractivity contribution is -0.131. The molecule has 1 aliphatic heterocycles. The summed E-state index contributed by atoms with van der Waals surface area (Å²) in [7, 11) is 1.28. The normalized spacial score (nSPS) is 12.4. The van der Waals surface area contributed by atoms with Crippen molar-refractivity contribution in [3.05, 3.63) is 16.7 Å². The Bertz CT molecular complexity index is 506. The van der Waals surface area contributed by atoms with Crippen molar-refractivity contribution < 1.29 is 28.9 Å². The zero-order valence-corrected chi connectivity index (χ0v) is 9.41. The number of fused-ring (bicyclic) bond motifs is 1. The van der Waals surface area contributed by atoms with Crippen LogP contribution in [0.25, 0.3) is 0 Å². The van der Waals surface area contributed by atoms with Gasteiger partial charge >= 0.3 is 5.97 Å². The molecule has 1 aromatic carbocycles. The molecule has 7 heteroatoms. The van der Waals surface area contributed by atoms with Crippen LogP contribution < -0.4 is 14.2 Å². The number of carboxylic acids is 1. The van der Waals surface area contributed by atoms with Crippen molar-refractivity contribution in [1.82, 2.24) is 0 Å². The Morgan fingerprint density at radius 2 is 2.18 bits per heavy atom. The number of Topliss-reactive ketones (excluding diaryl/α,β-unsaturated/α-hetero) is 1. The number of benzene rings is 1. The zero-order chi connectivity index (χ0) is 12.6. The maximum absolute atomic E-state index is 11.6. The van der Waals surface area contributed by atoms with E-state index in [0.29, 0.717) is 0 Å². The molecule has 1 heterocycles. The first-order valence-corrected chi connectivity index (χ1v) is 4.87. The SMILES string of the molecule is COc1c(Cl)cc2c(c1C(=O)C(=O)O)OCO2. The molecule has 1 aromatic rings. The number of rotatable bonds is 3. The van der Waals surface area contributed by atoms with Crippen molar-refractivity contribution in [2.45, 2.75) is 0 Å². The van der Waals surface area contributed by atoms with Crippen LogP contribution in [-0.4, -0.2) is 30.8 Å². The molecule has 0 radical (unpaired) electrons. The van der Waals surface area contributed by atoms with E-state index in [0.717, 1.165) is 0 Å². The Morgan fingerprint density at radius 1 is 1.47 bits per heavy atom. The van der Waals surface area contributed by atoms with Gasteiger partial charge in [-0.05, 0) is 0 Å². The number of aliphatic carboxylic acids is 1. The lowest BCUT2D eigenvalue weighted by Gasteiger charge is -2.10. The summed E-state index contributed by atoms with van der Waals surface area (Å²) in [6.45, 7) is -0.0985.